The monoisotopic (exact) mass is 546 g/mol. The van der Waals surface area contributed by atoms with Crippen molar-refractivity contribution in [1.82, 2.24) is 9.55 Å². The molecule has 0 saturated heterocycles. The van der Waals surface area contributed by atoms with E-state index in [-0.39, 0.29) is 13.0 Å². The fourth-order valence-electron chi connectivity index (χ4n) is 5.22. The third-order valence-electron chi connectivity index (χ3n) is 7.11. The summed E-state index contributed by atoms with van der Waals surface area (Å²) >= 11 is 0. The predicted octanol–water partition coefficient (Wildman–Crippen LogP) is 7.31. The lowest BCUT2D eigenvalue weighted by Crippen LogP contribution is -2.19. The highest BCUT2D eigenvalue weighted by Crippen LogP contribution is 2.34. The molecule has 5 rings (SSSR count). The van der Waals surface area contributed by atoms with Crippen LogP contribution in [0.3, 0.4) is 0 Å². The third kappa shape index (κ3) is 6.30. The maximum atomic E-state index is 12.7. The van der Waals surface area contributed by atoms with E-state index in [1.807, 2.05) is 73.1 Å². The number of aromatic nitrogens is 2. The number of carbonyl (C=O) groups is 2. The molecule has 0 atom stereocenters. The molecular formula is C34H34N4O3. The minimum absolute atomic E-state index is 0.231. The second-order valence-corrected chi connectivity index (χ2v) is 10.2. The van der Waals surface area contributed by atoms with Gasteiger partial charge >= 0.3 is 5.97 Å². The van der Waals surface area contributed by atoms with Crippen LogP contribution >= 0.6 is 0 Å². The summed E-state index contributed by atoms with van der Waals surface area (Å²) in [6.45, 7) is 9.14. The Labute approximate surface area is 240 Å². The molecule has 1 aromatic heterocycles. The summed E-state index contributed by atoms with van der Waals surface area (Å²) in [4.78, 5) is 29.2. The van der Waals surface area contributed by atoms with E-state index in [2.05, 4.69) is 53.1 Å². The lowest BCUT2D eigenvalue weighted by Gasteiger charge is -2.17. The van der Waals surface area contributed by atoms with E-state index in [9.17, 15) is 9.59 Å². The summed E-state index contributed by atoms with van der Waals surface area (Å²) in [5.74, 6) is -0.0842. The Morgan fingerprint density at radius 1 is 0.927 bits per heavy atom. The van der Waals surface area contributed by atoms with Crippen molar-refractivity contribution in [2.75, 3.05) is 17.2 Å². The molecule has 5 aromatic rings. The van der Waals surface area contributed by atoms with Gasteiger partial charge in [0.25, 0.3) is 0 Å². The summed E-state index contributed by atoms with van der Waals surface area (Å²) < 4.78 is 7.12. The maximum absolute atomic E-state index is 12.7. The number of aryl methyl sites for hydroxylation is 3. The van der Waals surface area contributed by atoms with E-state index in [4.69, 9.17) is 4.74 Å². The van der Waals surface area contributed by atoms with E-state index in [1.165, 1.54) is 22.3 Å². The number of fused-ring (bicyclic) bond motifs is 1. The summed E-state index contributed by atoms with van der Waals surface area (Å²) in [6, 6.07) is 24.2. The average molecular weight is 547 g/mol. The normalized spacial score (nSPS) is 10.9. The molecular weight excluding hydrogens is 512 g/mol. The van der Waals surface area contributed by atoms with Gasteiger partial charge < -0.3 is 19.9 Å². The number of esters is 1. The molecule has 0 bridgehead atoms. The van der Waals surface area contributed by atoms with Gasteiger partial charge in [0.05, 0.1) is 18.0 Å². The Morgan fingerprint density at radius 3 is 2.39 bits per heavy atom. The number of anilines is 3. The first-order chi connectivity index (χ1) is 19.8. The molecule has 208 valence electrons. The second-order valence-electron chi connectivity index (χ2n) is 10.2. The number of rotatable bonds is 9. The summed E-state index contributed by atoms with van der Waals surface area (Å²) in [5, 5.41) is 8.21. The minimum Gasteiger partial charge on any atom is -0.466 e. The molecule has 1 amide bonds. The van der Waals surface area contributed by atoms with E-state index in [1.54, 1.807) is 6.92 Å². The van der Waals surface area contributed by atoms with Gasteiger partial charge in [-0.2, -0.15) is 0 Å². The van der Waals surface area contributed by atoms with E-state index in [0.717, 1.165) is 40.1 Å². The van der Waals surface area contributed by atoms with Crippen LogP contribution in [0.15, 0.2) is 85.2 Å². The quantitative estimate of drug-likeness (QED) is 0.150. The molecule has 0 fully saturated rings. The topological polar surface area (TPSA) is 85.2 Å². The molecule has 1 heterocycles. The van der Waals surface area contributed by atoms with Crippen LogP contribution in [0.25, 0.3) is 22.2 Å². The number of benzene rings is 4. The van der Waals surface area contributed by atoms with E-state index in [0.29, 0.717) is 5.69 Å². The van der Waals surface area contributed by atoms with Gasteiger partial charge in [-0.15, -0.1) is 0 Å². The number of hydrogen-bond donors (Lipinski definition) is 2. The molecule has 0 aliphatic rings. The number of nitrogens with one attached hydrogen (secondary N) is 2. The molecule has 2 N–H and O–H groups in total. The van der Waals surface area contributed by atoms with Gasteiger partial charge in [0.15, 0.2) is 0 Å². The number of carbonyl (C=O) groups excluding carboxylic acids is 2. The van der Waals surface area contributed by atoms with Crippen LogP contribution in [0.5, 0.6) is 0 Å². The van der Waals surface area contributed by atoms with Crippen LogP contribution in [0, 0.1) is 20.8 Å². The Morgan fingerprint density at radius 2 is 1.66 bits per heavy atom. The highest BCUT2D eigenvalue weighted by atomic mass is 16.5. The zero-order valence-electron chi connectivity index (χ0n) is 23.8. The third-order valence-corrected chi connectivity index (χ3v) is 7.11. The average Bonchev–Trinajstić information content (AvgIpc) is 3.41. The molecule has 41 heavy (non-hydrogen) atoms. The minimum atomic E-state index is -0.554. The molecule has 4 aromatic carbocycles. The second kappa shape index (κ2) is 12.1. The molecule has 0 saturated carbocycles. The van der Waals surface area contributed by atoms with Crippen molar-refractivity contribution in [3.05, 3.63) is 107 Å². The van der Waals surface area contributed by atoms with Crippen LogP contribution in [0.4, 0.5) is 17.1 Å². The van der Waals surface area contributed by atoms with Crippen molar-refractivity contribution in [3.63, 3.8) is 0 Å². The van der Waals surface area contributed by atoms with E-state index >= 15 is 0 Å². The number of nitrogens with zero attached hydrogens (tertiary/aromatic N) is 2. The van der Waals surface area contributed by atoms with E-state index < -0.39 is 11.9 Å². The Hall–Kier alpha value is -4.91. The highest BCUT2D eigenvalue weighted by Gasteiger charge is 2.16. The van der Waals surface area contributed by atoms with Crippen LogP contribution in [-0.4, -0.2) is 28.0 Å². The van der Waals surface area contributed by atoms with Gasteiger partial charge in [0, 0.05) is 35.6 Å². The van der Waals surface area contributed by atoms with Crippen LogP contribution in [0.1, 0.15) is 35.6 Å². The standard InChI is InChI=1S/C34H34N4O3/c1-5-41-32(40)20-31(39)37-33-28-9-7-6-8-25(28)12-15-30(33)36-27-13-10-26(11-14-27)34-35-16-17-38(34)21-29-23(3)18-22(2)19-24(29)4/h6-19,36H,5,20-21H2,1-4H3,(H,37,39). The predicted molar refractivity (Wildman–Crippen MR) is 165 cm³/mol. The smallest absolute Gasteiger partial charge is 0.315 e. The maximum Gasteiger partial charge on any atom is 0.315 e. The zero-order chi connectivity index (χ0) is 28.9. The fraction of sp³-hybridized carbons (Fsp3) is 0.206. The van der Waals surface area contributed by atoms with Crippen molar-refractivity contribution in [2.45, 2.75) is 40.7 Å². The van der Waals surface area contributed by atoms with Crippen molar-refractivity contribution in [1.29, 1.82) is 0 Å². The molecule has 0 unspecified atom stereocenters. The molecule has 0 aliphatic heterocycles. The van der Waals surface area contributed by atoms with Gasteiger partial charge in [-0.3, -0.25) is 9.59 Å². The first kappa shape index (κ1) is 27.6. The molecule has 7 heteroatoms. The molecule has 0 aliphatic carbocycles. The van der Waals surface area contributed by atoms with Crippen molar-refractivity contribution in [3.8, 4) is 11.4 Å². The fourth-order valence-corrected chi connectivity index (χ4v) is 5.22. The SMILES string of the molecule is CCOC(=O)CC(=O)Nc1c(Nc2ccc(-c3nccn3Cc3c(C)cc(C)cc3C)cc2)ccc2ccccc12. The largest absolute Gasteiger partial charge is 0.466 e. The van der Waals surface area contributed by atoms with Crippen molar-refractivity contribution in [2.24, 2.45) is 0 Å². The molecule has 0 radical (unpaired) electrons. The van der Waals surface area contributed by atoms with Crippen molar-refractivity contribution >= 4 is 39.7 Å². The number of imidazole rings is 1. The Balaban J connectivity index is 1.39. The Bertz CT molecular complexity index is 1700. The summed E-state index contributed by atoms with van der Waals surface area (Å²) in [6.07, 6.45) is 3.50. The van der Waals surface area contributed by atoms with Crippen LogP contribution < -0.4 is 10.6 Å². The lowest BCUT2D eigenvalue weighted by molar-refractivity contribution is -0.145. The molecule has 0 spiro atoms. The summed E-state index contributed by atoms with van der Waals surface area (Å²) in [7, 11) is 0. The van der Waals surface area contributed by atoms with Gasteiger partial charge in [-0.25, -0.2) is 4.98 Å². The van der Waals surface area contributed by atoms with Crippen LogP contribution in [-0.2, 0) is 20.9 Å². The van der Waals surface area contributed by atoms with Gasteiger partial charge in [0.1, 0.15) is 12.2 Å². The number of ether oxygens (including phenoxy) is 1. The molecule has 7 nitrogen and oxygen atoms in total. The summed E-state index contributed by atoms with van der Waals surface area (Å²) in [5.41, 5.74) is 8.33. The van der Waals surface area contributed by atoms with Gasteiger partial charge in [-0.1, -0.05) is 48.0 Å². The number of amides is 1. The van der Waals surface area contributed by atoms with Crippen molar-refractivity contribution < 1.29 is 14.3 Å². The van der Waals surface area contributed by atoms with Gasteiger partial charge in [-0.05, 0) is 80.1 Å². The highest BCUT2D eigenvalue weighted by molar-refractivity contribution is 6.10. The zero-order valence-corrected chi connectivity index (χ0v) is 23.8. The Kier molecular flexibility index (Phi) is 8.15. The number of hydrogen-bond acceptors (Lipinski definition) is 5. The van der Waals surface area contributed by atoms with Gasteiger partial charge in [0.2, 0.25) is 5.91 Å². The first-order valence-corrected chi connectivity index (χ1v) is 13.7. The van der Waals surface area contributed by atoms with Crippen LogP contribution in [0.2, 0.25) is 0 Å². The first-order valence-electron chi connectivity index (χ1n) is 13.7. The lowest BCUT2D eigenvalue weighted by atomic mass is 9.99.